The molecule has 21 heavy (non-hydrogen) atoms. The molecule has 6 nitrogen and oxygen atoms in total. The van der Waals surface area contributed by atoms with Crippen molar-refractivity contribution in [3.8, 4) is 0 Å². The molecule has 1 fully saturated rings. The van der Waals surface area contributed by atoms with Crippen LogP contribution in [0.15, 0.2) is 24.5 Å². The highest BCUT2D eigenvalue weighted by Gasteiger charge is 2.40. The van der Waals surface area contributed by atoms with E-state index in [1.807, 2.05) is 12.1 Å². The number of hydrogen-bond acceptors (Lipinski definition) is 3. The van der Waals surface area contributed by atoms with Gasteiger partial charge >= 0.3 is 12.0 Å². The highest BCUT2D eigenvalue weighted by molar-refractivity contribution is 5.86. The Bertz CT molecular complexity index is 484. The molecule has 114 valence electrons. The van der Waals surface area contributed by atoms with Crippen LogP contribution in [0, 0.1) is 0 Å². The van der Waals surface area contributed by atoms with E-state index in [4.69, 9.17) is 0 Å². The molecule has 0 atom stereocenters. The van der Waals surface area contributed by atoms with Crippen LogP contribution < -0.4 is 10.6 Å². The van der Waals surface area contributed by atoms with Crippen LogP contribution in [0.5, 0.6) is 0 Å². The van der Waals surface area contributed by atoms with Gasteiger partial charge < -0.3 is 15.7 Å². The maximum atomic E-state index is 11.9. The number of carbonyl (C=O) groups is 2. The Morgan fingerprint density at radius 1 is 1.19 bits per heavy atom. The van der Waals surface area contributed by atoms with Crippen molar-refractivity contribution < 1.29 is 14.7 Å². The number of aromatic nitrogens is 1. The molecule has 0 saturated heterocycles. The van der Waals surface area contributed by atoms with Gasteiger partial charge in [0.25, 0.3) is 0 Å². The highest BCUT2D eigenvalue weighted by Crippen LogP contribution is 2.28. The van der Waals surface area contributed by atoms with Crippen LogP contribution in [0.1, 0.15) is 37.7 Å². The van der Waals surface area contributed by atoms with Gasteiger partial charge in [0.15, 0.2) is 0 Å². The lowest BCUT2D eigenvalue weighted by molar-refractivity contribution is -0.145. The fourth-order valence-corrected chi connectivity index (χ4v) is 2.68. The molecule has 1 aliphatic carbocycles. The Labute approximate surface area is 124 Å². The summed E-state index contributed by atoms with van der Waals surface area (Å²) in [5.41, 5.74) is -0.0187. The second kappa shape index (κ2) is 7.06. The van der Waals surface area contributed by atoms with Crippen LogP contribution in [-0.2, 0) is 11.2 Å². The molecule has 1 aromatic rings. The van der Waals surface area contributed by atoms with Crippen molar-refractivity contribution >= 4 is 12.0 Å². The van der Waals surface area contributed by atoms with E-state index in [-0.39, 0.29) is 0 Å². The molecule has 3 N–H and O–H groups in total. The van der Waals surface area contributed by atoms with Crippen LogP contribution in [-0.4, -0.2) is 34.2 Å². The third kappa shape index (κ3) is 4.18. The van der Waals surface area contributed by atoms with Gasteiger partial charge in [0, 0.05) is 18.9 Å². The van der Waals surface area contributed by atoms with Gasteiger partial charge in [-0.2, -0.15) is 0 Å². The normalized spacial score (nSPS) is 17.0. The van der Waals surface area contributed by atoms with Gasteiger partial charge in [-0.1, -0.05) is 19.3 Å². The van der Waals surface area contributed by atoms with E-state index in [1.54, 1.807) is 12.4 Å². The van der Waals surface area contributed by atoms with Crippen molar-refractivity contribution in [3.05, 3.63) is 30.1 Å². The minimum absolute atomic E-state index is 0.409. The predicted molar refractivity (Wildman–Crippen MR) is 77.9 cm³/mol. The smallest absolute Gasteiger partial charge is 0.329 e. The fraction of sp³-hybridized carbons (Fsp3) is 0.533. The molecular formula is C15H21N3O3. The van der Waals surface area contributed by atoms with Gasteiger partial charge in [0.1, 0.15) is 5.54 Å². The summed E-state index contributed by atoms with van der Waals surface area (Å²) in [7, 11) is 0. The Morgan fingerprint density at radius 3 is 2.48 bits per heavy atom. The zero-order valence-electron chi connectivity index (χ0n) is 12.0. The molecule has 0 spiro atoms. The van der Waals surface area contributed by atoms with Crippen LogP contribution in [0.25, 0.3) is 0 Å². The zero-order chi connectivity index (χ0) is 15.1. The van der Waals surface area contributed by atoms with Crippen molar-refractivity contribution in [3.63, 3.8) is 0 Å². The summed E-state index contributed by atoms with van der Waals surface area (Å²) in [5.74, 6) is -0.938. The number of rotatable bonds is 5. The molecule has 0 aromatic carbocycles. The first-order valence-corrected chi connectivity index (χ1v) is 7.31. The standard InChI is InChI=1S/C15H21N3O3/c19-13(20)15(7-2-1-3-8-15)18-14(21)17-11-6-12-4-9-16-10-5-12/h4-5,9-10H,1-3,6-8,11H2,(H,19,20)(H2,17,18,21). The van der Waals surface area contributed by atoms with E-state index in [2.05, 4.69) is 15.6 Å². The minimum atomic E-state index is -1.10. The molecule has 1 heterocycles. The molecule has 6 heteroatoms. The van der Waals surface area contributed by atoms with Gasteiger partial charge in [0.2, 0.25) is 0 Å². The summed E-state index contributed by atoms with van der Waals surface area (Å²) < 4.78 is 0. The molecule has 1 aliphatic rings. The molecule has 2 amide bonds. The summed E-state index contributed by atoms with van der Waals surface area (Å²) in [5, 5.41) is 14.8. The summed E-state index contributed by atoms with van der Waals surface area (Å²) in [6.07, 6.45) is 7.80. The number of hydrogen-bond donors (Lipinski definition) is 3. The summed E-state index contributed by atoms with van der Waals surface area (Å²) in [4.78, 5) is 27.3. The molecule has 0 aliphatic heterocycles. The SMILES string of the molecule is O=C(NCCc1ccncc1)NC1(C(=O)O)CCCCC1. The Morgan fingerprint density at radius 2 is 1.86 bits per heavy atom. The maximum Gasteiger partial charge on any atom is 0.329 e. The van der Waals surface area contributed by atoms with Gasteiger partial charge in [-0.05, 0) is 37.0 Å². The Kier molecular flexibility index (Phi) is 5.14. The van der Waals surface area contributed by atoms with E-state index in [0.717, 1.165) is 24.8 Å². The van der Waals surface area contributed by atoms with Crippen molar-refractivity contribution in [1.82, 2.24) is 15.6 Å². The van der Waals surface area contributed by atoms with Crippen LogP contribution in [0.3, 0.4) is 0 Å². The van der Waals surface area contributed by atoms with Crippen molar-refractivity contribution in [2.45, 2.75) is 44.1 Å². The first-order valence-electron chi connectivity index (χ1n) is 7.31. The van der Waals surface area contributed by atoms with Gasteiger partial charge in [-0.15, -0.1) is 0 Å². The van der Waals surface area contributed by atoms with E-state index in [0.29, 0.717) is 25.8 Å². The predicted octanol–water partition coefficient (Wildman–Crippen LogP) is 1.71. The molecule has 1 aromatic heterocycles. The Hall–Kier alpha value is -2.11. The lowest BCUT2D eigenvalue weighted by atomic mass is 9.82. The van der Waals surface area contributed by atoms with Crippen LogP contribution in [0.2, 0.25) is 0 Å². The number of carboxylic acids is 1. The number of amides is 2. The largest absolute Gasteiger partial charge is 0.480 e. The average molecular weight is 291 g/mol. The number of carbonyl (C=O) groups excluding carboxylic acids is 1. The molecule has 2 rings (SSSR count). The third-order valence-corrected chi connectivity index (χ3v) is 3.92. The number of pyridine rings is 1. The second-order valence-corrected chi connectivity index (χ2v) is 5.43. The monoisotopic (exact) mass is 291 g/mol. The van der Waals surface area contributed by atoms with Crippen molar-refractivity contribution in [2.75, 3.05) is 6.54 Å². The summed E-state index contributed by atoms with van der Waals surface area (Å²) in [6.45, 7) is 0.464. The fourth-order valence-electron chi connectivity index (χ4n) is 2.68. The number of nitrogens with zero attached hydrogens (tertiary/aromatic N) is 1. The van der Waals surface area contributed by atoms with Gasteiger partial charge in [0.05, 0.1) is 0 Å². The molecule has 0 unspecified atom stereocenters. The highest BCUT2D eigenvalue weighted by atomic mass is 16.4. The summed E-state index contributed by atoms with van der Waals surface area (Å²) in [6, 6.07) is 3.37. The van der Waals surface area contributed by atoms with Crippen LogP contribution in [0.4, 0.5) is 4.79 Å². The number of urea groups is 1. The maximum absolute atomic E-state index is 11.9. The third-order valence-electron chi connectivity index (χ3n) is 3.92. The zero-order valence-corrected chi connectivity index (χ0v) is 12.0. The molecular weight excluding hydrogens is 270 g/mol. The van der Waals surface area contributed by atoms with Crippen LogP contribution >= 0.6 is 0 Å². The topological polar surface area (TPSA) is 91.3 Å². The quantitative estimate of drug-likeness (QED) is 0.770. The Balaban J connectivity index is 1.81. The van der Waals surface area contributed by atoms with Gasteiger partial charge in [-0.3, -0.25) is 4.98 Å². The van der Waals surface area contributed by atoms with Crippen molar-refractivity contribution in [2.24, 2.45) is 0 Å². The number of carboxylic acid groups (broad SMARTS) is 1. The van der Waals surface area contributed by atoms with E-state index < -0.39 is 17.5 Å². The lowest BCUT2D eigenvalue weighted by Gasteiger charge is -2.33. The minimum Gasteiger partial charge on any atom is -0.480 e. The van der Waals surface area contributed by atoms with Gasteiger partial charge in [-0.25, -0.2) is 9.59 Å². The molecule has 0 radical (unpaired) electrons. The lowest BCUT2D eigenvalue weighted by Crippen LogP contribution is -2.58. The average Bonchev–Trinajstić information content (AvgIpc) is 2.49. The number of nitrogens with one attached hydrogen (secondary N) is 2. The molecule has 1 saturated carbocycles. The first-order chi connectivity index (χ1) is 10.1. The second-order valence-electron chi connectivity index (χ2n) is 5.43. The van der Waals surface area contributed by atoms with E-state index >= 15 is 0 Å². The van der Waals surface area contributed by atoms with E-state index in [1.165, 1.54) is 0 Å². The number of aliphatic carboxylic acids is 1. The summed E-state index contributed by atoms with van der Waals surface area (Å²) >= 11 is 0. The first kappa shape index (κ1) is 15.3. The molecule has 0 bridgehead atoms. The van der Waals surface area contributed by atoms with Crippen molar-refractivity contribution in [1.29, 1.82) is 0 Å². The van der Waals surface area contributed by atoms with E-state index in [9.17, 15) is 14.7 Å².